The Morgan fingerprint density at radius 2 is 2.00 bits per heavy atom. The van der Waals surface area contributed by atoms with Gasteiger partial charge in [0.05, 0.1) is 42.2 Å². The zero-order chi connectivity index (χ0) is 14.4. The summed E-state index contributed by atoms with van der Waals surface area (Å²) >= 11 is 6.35. The third kappa shape index (κ3) is 2.14. The van der Waals surface area contributed by atoms with Gasteiger partial charge in [-0.25, -0.2) is 4.98 Å². The van der Waals surface area contributed by atoms with Crippen LogP contribution in [0.1, 0.15) is 11.7 Å². The van der Waals surface area contributed by atoms with Crippen molar-refractivity contribution in [2.24, 2.45) is 0 Å². The van der Waals surface area contributed by atoms with Gasteiger partial charge in [-0.2, -0.15) is 0 Å². The number of nitrogens with two attached hydrogens (primary N) is 1. The van der Waals surface area contributed by atoms with Crippen LogP contribution in [0.2, 0.25) is 5.02 Å². The molecule has 3 heterocycles. The number of nitrogen functional groups attached to an aromatic ring is 1. The number of nitrogens with zero attached hydrogens (tertiary/aromatic N) is 2. The van der Waals surface area contributed by atoms with Crippen LogP contribution in [0, 0.1) is 0 Å². The number of aromatic nitrogens is 2. The van der Waals surface area contributed by atoms with E-state index in [2.05, 4.69) is 9.97 Å². The van der Waals surface area contributed by atoms with E-state index in [0.717, 1.165) is 22.3 Å². The molecule has 6 heteroatoms. The lowest BCUT2D eigenvalue weighted by Gasteiger charge is -2.23. The van der Waals surface area contributed by atoms with Gasteiger partial charge in [0.25, 0.3) is 0 Å². The minimum atomic E-state index is 0.343. The molecule has 2 N–H and O–H groups in total. The van der Waals surface area contributed by atoms with E-state index in [1.807, 2.05) is 18.2 Å². The number of hydrogen-bond donors (Lipinski definition) is 1. The lowest BCUT2D eigenvalue weighted by atomic mass is 10.0. The molecule has 4 rings (SSSR count). The fourth-order valence-corrected chi connectivity index (χ4v) is 2.62. The second-order valence-electron chi connectivity index (χ2n) is 5.08. The van der Waals surface area contributed by atoms with E-state index in [1.165, 1.54) is 6.20 Å². The maximum Gasteiger partial charge on any atom is 0.141 e. The van der Waals surface area contributed by atoms with Crippen LogP contribution in [0.25, 0.3) is 22.2 Å². The monoisotopic (exact) mass is 301 g/mol. The maximum atomic E-state index is 6.35. The van der Waals surface area contributed by atoms with E-state index < -0.39 is 0 Å². The first-order valence-corrected chi connectivity index (χ1v) is 6.97. The van der Waals surface area contributed by atoms with E-state index in [9.17, 15) is 0 Å². The summed E-state index contributed by atoms with van der Waals surface area (Å²) in [6.45, 7) is 1.42. The molecule has 0 atom stereocenters. The summed E-state index contributed by atoms with van der Waals surface area (Å²) in [5, 5.41) is 1.59. The molecule has 2 aromatic heterocycles. The highest BCUT2D eigenvalue weighted by molar-refractivity contribution is 6.34. The van der Waals surface area contributed by atoms with E-state index in [1.54, 1.807) is 6.20 Å². The van der Waals surface area contributed by atoms with Gasteiger partial charge >= 0.3 is 0 Å². The quantitative estimate of drug-likeness (QED) is 0.786. The van der Waals surface area contributed by atoms with Crippen LogP contribution in [0.4, 0.5) is 5.82 Å². The number of ether oxygens (including phenoxy) is 1. The number of benzene rings is 1. The Kier molecular flexibility index (Phi) is 2.83. The smallest absolute Gasteiger partial charge is 0.141 e. The first-order chi connectivity index (χ1) is 10.2. The molecule has 0 bridgehead atoms. The molecule has 1 saturated heterocycles. The van der Waals surface area contributed by atoms with Crippen molar-refractivity contribution in [3.63, 3.8) is 0 Å². The topological polar surface area (TPSA) is 74.2 Å². The molecule has 106 valence electrons. The molecule has 5 nitrogen and oxygen atoms in total. The highest BCUT2D eigenvalue weighted by Crippen LogP contribution is 2.35. The zero-order valence-corrected chi connectivity index (χ0v) is 11.8. The summed E-state index contributed by atoms with van der Waals surface area (Å²) in [5.74, 6) is 1.66. The van der Waals surface area contributed by atoms with Crippen LogP contribution in [0.3, 0.4) is 0 Å². The summed E-state index contributed by atoms with van der Waals surface area (Å²) < 4.78 is 11.1. The zero-order valence-electron chi connectivity index (χ0n) is 11.0. The van der Waals surface area contributed by atoms with Crippen molar-refractivity contribution in [3.8, 4) is 11.3 Å². The molecule has 0 spiro atoms. The van der Waals surface area contributed by atoms with Crippen LogP contribution in [-0.2, 0) is 4.74 Å². The predicted octanol–water partition coefficient (Wildman–Crippen LogP) is 3.24. The molecular formula is C15H12ClN3O2. The minimum Gasteiger partial charge on any atom is -0.461 e. The summed E-state index contributed by atoms with van der Waals surface area (Å²) in [5.41, 5.74) is 7.79. The van der Waals surface area contributed by atoms with Gasteiger partial charge in [-0.1, -0.05) is 11.6 Å². The summed E-state index contributed by atoms with van der Waals surface area (Å²) in [4.78, 5) is 8.29. The third-order valence-electron chi connectivity index (χ3n) is 3.61. The molecule has 1 aromatic carbocycles. The summed E-state index contributed by atoms with van der Waals surface area (Å²) in [6.07, 6.45) is 3.11. The minimum absolute atomic E-state index is 0.343. The first kappa shape index (κ1) is 12.6. The average Bonchev–Trinajstić information content (AvgIpc) is 2.79. The highest BCUT2D eigenvalue weighted by atomic mass is 35.5. The molecule has 21 heavy (non-hydrogen) atoms. The molecule has 1 aliphatic rings. The van der Waals surface area contributed by atoms with Gasteiger partial charge in [-0.05, 0) is 18.2 Å². The first-order valence-electron chi connectivity index (χ1n) is 6.59. The van der Waals surface area contributed by atoms with E-state index in [-0.39, 0.29) is 0 Å². The average molecular weight is 302 g/mol. The fourth-order valence-electron chi connectivity index (χ4n) is 2.35. The van der Waals surface area contributed by atoms with Crippen molar-refractivity contribution in [2.45, 2.75) is 5.92 Å². The fraction of sp³-hybridized carbons (Fsp3) is 0.200. The van der Waals surface area contributed by atoms with Crippen molar-refractivity contribution in [2.75, 3.05) is 18.9 Å². The van der Waals surface area contributed by atoms with Gasteiger partial charge < -0.3 is 14.9 Å². The highest BCUT2D eigenvalue weighted by Gasteiger charge is 2.24. The Morgan fingerprint density at radius 1 is 1.14 bits per heavy atom. The summed E-state index contributed by atoms with van der Waals surface area (Å²) in [6, 6.07) is 5.80. The predicted molar refractivity (Wildman–Crippen MR) is 80.2 cm³/mol. The van der Waals surface area contributed by atoms with Gasteiger partial charge in [-0.15, -0.1) is 0 Å². The van der Waals surface area contributed by atoms with E-state index >= 15 is 0 Å². The van der Waals surface area contributed by atoms with Crippen LogP contribution < -0.4 is 5.73 Å². The molecule has 1 fully saturated rings. The lowest BCUT2D eigenvalue weighted by molar-refractivity contribution is 0.000475. The molecule has 0 saturated carbocycles. The van der Waals surface area contributed by atoms with Crippen LogP contribution in [-0.4, -0.2) is 23.2 Å². The van der Waals surface area contributed by atoms with Crippen molar-refractivity contribution < 1.29 is 9.15 Å². The SMILES string of the molecule is Nc1cnc(-c2cc3oc(C4COC4)cc3cc2Cl)cn1. The number of rotatable bonds is 2. The van der Waals surface area contributed by atoms with Gasteiger partial charge in [0.15, 0.2) is 0 Å². The molecule has 1 aliphatic heterocycles. The molecule has 0 unspecified atom stereocenters. The Hall–Kier alpha value is -2.11. The van der Waals surface area contributed by atoms with Crippen molar-refractivity contribution >= 4 is 28.4 Å². The Labute approximate surface area is 125 Å². The number of anilines is 1. The van der Waals surface area contributed by atoms with Crippen molar-refractivity contribution in [1.82, 2.24) is 9.97 Å². The molecule has 0 amide bonds. The van der Waals surface area contributed by atoms with Crippen LogP contribution in [0.5, 0.6) is 0 Å². The lowest BCUT2D eigenvalue weighted by Crippen LogP contribution is -2.24. The maximum absolute atomic E-state index is 6.35. The molecule has 0 aliphatic carbocycles. The van der Waals surface area contributed by atoms with Gasteiger partial charge in [0.2, 0.25) is 0 Å². The van der Waals surface area contributed by atoms with Gasteiger partial charge in [-0.3, -0.25) is 4.98 Å². The molecular weight excluding hydrogens is 290 g/mol. The largest absolute Gasteiger partial charge is 0.461 e. The Bertz CT molecular complexity index is 810. The number of furan rings is 1. The number of hydrogen-bond acceptors (Lipinski definition) is 5. The van der Waals surface area contributed by atoms with E-state index in [4.69, 9.17) is 26.5 Å². The standard InChI is InChI=1S/C15H12ClN3O2/c16-11-1-8-2-13(9-6-20-7-9)21-14(8)3-10(11)12-4-19-15(17)5-18-12/h1-5,9H,6-7H2,(H2,17,19). The Morgan fingerprint density at radius 3 is 2.67 bits per heavy atom. The van der Waals surface area contributed by atoms with Crippen LogP contribution >= 0.6 is 11.6 Å². The number of fused-ring (bicyclic) bond motifs is 1. The van der Waals surface area contributed by atoms with Crippen molar-refractivity contribution in [1.29, 1.82) is 0 Å². The Balaban J connectivity index is 1.81. The van der Waals surface area contributed by atoms with Gasteiger partial charge in [0.1, 0.15) is 17.2 Å². The summed E-state index contributed by atoms with van der Waals surface area (Å²) in [7, 11) is 0. The van der Waals surface area contributed by atoms with Gasteiger partial charge in [0, 0.05) is 10.9 Å². The number of halogens is 1. The van der Waals surface area contributed by atoms with Crippen molar-refractivity contribution in [3.05, 3.63) is 41.4 Å². The molecule has 3 aromatic rings. The van der Waals surface area contributed by atoms with E-state index in [0.29, 0.717) is 35.7 Å². The molecule has 0 radical (unpaired) electrons. The second-order valence-corrected chi connectivity index (χ2v) is 5.49. The third-order valence-corrected chi connectivity index (χ3v) is 3.93. The second kappa shape index (κ2) is 4.72. The van der Waals surface area contributed by atoms with Crippen LogP contribution in [0.15, 0.2) is 35.0 Å². The normalized spacial score (nSPS) is 15.3.